The second-order valence-electron chi connectivity index (χ2n) is 5.31. The Labute approximate surface area is 118 Å². The lowest BCUT2D eigenvalue weighted by Crippen LogP contribution is -2.24. The van der Waals surface area contributed by atoms with Gasteiger partial charge in [-0.25, -0.2) is 4.98 Å². The highest BCUT2D eigenvalue weighted by molar-refractivity contribution is 7.07. The van der Waals surface area contributed by atoms with E-state index in [1.165, 1.54) is 37.7 Å². The Balaban J connectivity index is 1.58. The van der Waals surface area contributed by atoms with E-state index in [4.69, 9.17) is 0 Å². The number of nitrogens with one attached hydrogen (secondary N) is 1. The molecule has 2 aromatic heterocycles. The first-order valence-electron chi connectivity index (χ1n) is 7.20. The van der Waals surface area contributed by atoms with Crippen molar-refractivity contribution in [2.24, 2.45) is 0 Å². The molecule has 0 unspecified atom stereocenters. The third-order valence-electron chi connectivity index (χ3n) is 3.88. The molecule has 1 fully saturated rings. The van der Waals surface area contributed by atoms with Crippen molar-refractivity contribution >= 4 is 17.3 Å². The van der Waals surface area contributed by atoms with Crippen LogP contribution < -0.4 is 5.32 Å². The van der Waals surface area contributed by atoms with Gasteiger partial charge in [-0.05, 0) is 41.7 Å². The van der Waals surface area contributed by atoms with E-state index in [9.17, 15) is 0 Å². The van der Waals surface area contributed by atoms with Gasteiger partial charge in [0.2, 0.25) is 5.95 Å². The predicted octanol–water partition coefficient (Wildman–Crippen LogP) is 3.93. The van der Waals surface area contributed by atoms with Crippen molar-refractivity contribution in [1.29, 1.82) is 0 Å². The molecule has 1 aliphatic carbocycles. The summed E-state index contributed by atoms with van der Waals surface area (Å²) in [6, 6.07) is 2.83. The third kappa shape index (κ3) is 3.38. The molecule has 102 valence electrons. The van der Waals surface area contributed by atoms with Gasteiger partial charge < -0.3 is 9.88 Å². The zero-order valence-corrected chi connectivity index (χ0v) is 12.0. The van der Waals surface area contributed by atoms with Crippen LogP contribution in [0.15, 0.2) is 29.2 Å². The summed E-state index contributed by atoms with van der Waals surface area (Å²) < 4.78 is 2.24. The Morgan fingerprint density at radius 3 is 3.00 bits per heavy atom. The van der Waals surface area contributed by atoms with Gasteiger partial charge in [0.25, 0.3) is 0 Å². The molecule has 0 atom stereocenters. The highest BCUT2D eigenvalue weighted by atomic mass is 32.1. The standard InChI is InChI=1S/C15H21N3S/c1-2-4-14(5-3-1)17-15-16-8-10-18(15)9-6-13-7-11-19-12-13/h7-8,10-12,14H,1-6,9H2,(H,16,17). The quantitative estimate of drug-likeness (QED) is 0.896. The minimum absolute atomic E-state index is 0.621. The van der Waals surface area contributed by atoms with E-state index < -0.39 is 0 Å². The maximum Gasteiger partial charge on any atom is 0.202 e. The summed E-state index contributed by atoms with van der Waals surface area (Å²) in [5.41, 5.74) is 1.42. The summed E-state index contributed by atoms with van der Waals surface area (Å²) in [5, 5.41) is 7.98. The molecule has 0 aromatic carbocycles. The van der Waals surface area contributed by atoms with Crippen LogP contribution in [0.1, 0.15) is 37.7 Å². The highest BCUT2D eigenvalue weighted by Crippen LogP contribution is 2.21. The molecule has 0 aliphatic heterocycles. The maximum atomic E-state index is 4.46. The Morgan fingerprint density at radius 2 is 2.21 bits per heavy atom. The molecule has 0 bridgehead atoms. The second-order valence-corrected chi connectivity index (χ2v) is 6.09. The van der Waals surface area contributed by atoms with Gasteiger partial charge in [0.05, 0.1) is 0 Å². The zero-order chi connectivity index (χ0) is 12.9. The molecule has 1 aliphatic rings. The maximum absolute atomic E-state index is 4.46. The predicted molar refractivity (Wildman–Crippen MR) is 80.7 cm³/mol. The van der Waals surface area contributed by atoms with Crippen LogP contribution in [0.5, 0.6) is 0 Å². The zero-order valence-electron chi connectivity index (χ0n) is 11.2. The first kappa shape index (κ1) is 12.7. The van der Waals surface area contributed by atoms with Crippen molar-refractivity contribution in [3.05, 3.63) is 34.8 Å². The van der Waals surface area contributed by atoms with E-state index in [0.29, 0.717) is 6.04 Å². The number of rotatable bonds is 5. The van der Waals surface area contributed by atoms with Crippen LogP contribution in [0.3, 0.4) is 0 Å². The van der Waals surface area contributed by atoms with Crippen LogP contribution >= 0.6 is 11.3 Å². The first-order valence-corrected chi connectivity index (χ1v) is 8.15. The van der Waals surface area contributed by atoms with E-state index in [1.54, 1.807) is 11.3 Å². The van der Waals surface area contributed by atoms with Gasteiger partial charge in [-0.3, -0.25) is 0 Å². The Bertz CT molecular complexity index is 483. The molecule has 0 radical (unpaired) electrons. The molecule has 3 nitrogen and oxygen atoms in total. The molecule has 0 amide bonds. The lowest BCUT2D eigenvalue weighted by atomic mass is 9.96. The molecule has 19 heavy (non-hydrogen) atoms. The van der Waals surface area contributed by atoms with E-state index in [0.717, 1.165) is 18.9 Å². The fourth-order valence-electron chi connectivity index (χ4n) is 2.74. The molecular formula is C15H21N3S. The average molecular weight is 275 g/mol. The van der Waals surface area contributed by atoms with Crippen molar-refractivity contribution in [2.75, 3.05) is 5.32 Å². The number of anilines is 1. The highest BCUT2D eigenvalue weighted by Gasteiger charge is 2.15. The molecule has 3 rings (SSSR count). The lowest BCUT2D eigenvalue weighted by molar-refractivity contribution is 0.459. The van der Waals surface area contributed by atoms with Crippen molar-refractivity contribution in [3.63, 3.8) is 0 Å². The third-order valence-corrected chi connectivity index (χ3v) is 4.61. The normalized spacial score (nSPS) is 16.6. The van der Waals surface area contributed by atoms with Crippen LogP contribution in [0.25, 0.3) is 0 Å². The van der Waals surface area contributed by atoms with Crippen LogP contribution in [0.2, 0.25) is 0 Å². The molecule has 1 saturated carbocycles. The Kier molecular flexibility index (Phi) is 4.18. The summed E-state index contributed by atoms with van der Waals surface area (Å²) in [6.45, 7) is 1.01. The van der Waals surface area contributed by atoms with Gasteiger partial charge in [0, 0.05) is 25.0 Å². The van der Waals surface area contributed by atoms with E-state index in [2.05, 4.69) is 37.9 Å². The average Bonchev–Trinajstić information content (AvgIpc) is 3.09. The largest absolute Gasteiger partial charge is 0.353 e. The van der Waals surface area contributed by atoms with Gasteiger partial charge in [-0.15, -0.1) is 0 Å². The molecule has 4 heteroatoms. The van der Waals surface area contributed by atoms with E-state index >= 15 is 0 Å². The molecule has 0 spiro atoms. The number of hydrogen-bond acceptors (Lipinski definition) is 3. The molecule has 2 heterocycles. The van der Waals surface area contributed by atoms with Crippen molar-refractivity contribution in [2.45, 2.75) is 51.1 Å². The summed E-state index contributed by atoms with van der Waals surface area (Å²) >= 11 is 1.77. The minimum Gasteiger partial charge on any atom is -0.353 e. The lowest BCUT2D eigenvalue weighted by Gasteiger charge is -2.23. The molecule has 0 saturated heterocycles. The van der Waals surface area contributed by atoms with Gasteiger partial charge in [-0.1, -0.05) is 19.3 Å². The number of nitrogens with zero attached hydrogens (tertiary/aromatic N) is 2. The fraction of sp³-hybridized carbons (Fsp3) is 0.533. The van der Waals surface area contributed by atoms with Crippen LogP contribution in [0, 0.1) is 0 Å². The van der Waals surface area contributed by atoms with Crippen LogP contribution in [-0.4, -0.2) is 15.6 Å². The second kappa shape index (κ2) is 6.24. The number of aromatic nitrogens is 2. The van der Waals surface area contributed by atoms with E-state index in [1.807, 2.05) is 6.20 Å². The monoisotopic (exact) mass is 275 g/mol. The van der Waals surface area contributed by atoms with Crippen LogP contribution in [0.4, 0.5) is 5.95 Å². The summed E-state index contributed by atoms with van der Waals surface area (Å²) in [6.07, 6.45) is 11.7. The van der Waals surface area contributed by atoms with Crippen molar-refractivity contribution in [3.8, 4) is 0 Å². The SMILES string of the molecule is c1cn(CCc2ccsc2)c(NC2CCCCC2)n1. The topological polar surface area (TPSA) is 29.9 Å². The first-order chi connectivity index (χ1) is 9.42. The summed E-state index contributed by atoms with van der Waals surface area (Å²) in [4.78, 5) is 4.46. The van der Waals surface area contributed by atoms with Gasteiger partial charge in [0.15, 0.2) is 0 Å². The number of thiophene rings is 1. The Hall–Kier alpha value is -1.29. The van der Waals surface area contributed by atoms with Gasteiger partial charge >= 0.3 is 0 Å². The number of imidazole rings is 1. The number of hydrogen-bond donors (Lipinski definition) is 1. The smallest absolute Gasteiger partial charge is 0.202 e. The van der Waals surface area contributed by atoms with Crippen LogP contribution in [-0.2, 0) is 13.0 Å². The Morgan fingerprint density at radius 1 is 1.32 bits per heavy atom. The van der Waals surface area contributed by atoms with E-state index in [-0.39, 0.29) is 0 Å². The van der Waals surface area contributed by atoms with Crippen molar-refractivity contribution in [1.82, 2.24) is 9.55 Å². The summed E-state index contributed by atoms with van der Waals surface area (Å²) in [5.74, 6) is 1.04. The minimum atomic E-state index is 0.621. The molecule has 1 N–H and O–H groups in total. The number of aryl methyl sites for hydroxylation is 2. The molecule has 2 aromatic rings. The van der Waals surface area contributed by atoms with Crippen molar-refractivity contribution < 1.29 is 0 Å². The fourth-order valence-corrected chi connectivity index (χ4v) is 3.45. The van der Waals surface area contributed by atoms with Gasteiger partial charge in [-0.2, -0.15) is 11.3 Å². The summed E-state index contributed by atoms with van der Waals surface area (Å²) in [7, 11) is 0. The van der Waals surface area contributed by atoms with Gasteiger partial charge in [0.1, 0.15) is 0 Å². The molecular weight excluding hydrogens is 254 g/mol.